The standard InChI is InChI=1S/C18H25N.ClH/c1-2-13-6-7-14-12-17-15-5-3-4-8-18(15,9-10-19-17)16(14)11-13;/h6-7,11,15,17,19H,2-5,8-10,12H2,1H3;1H. The molecule has 0 spiro atoms. The molecule has 0 amide bonds. The van der Waals surface area contributed by atoms with Gasteiger partial charge in [0.25, 0.3) is 0 Å². The van der Waals surface area contributed by atoms with Gasteiger partial charge in [0.2, 0.25) is 0 Å². The Morgan fingerprint density at radius 3 is 3.00 bits per heavy atom. The summed E-state index contributed by atoms with van der Waals surface area (Å²) in [4.78, 5) is 0. The third kappa shape index (κ3) is 1.94. The Balaban J connectivity index is 0.00000121. The van der Waals surface area contributed by atoms with Gasteiger partial charge in [-0.15, -0.1) is 12.4 Å². The molecule has 1 aliphatic heterocycles. The van der Waals surface area contributed by atoms with Crippen LogP contribution in [0.1, 0.15) is 55.7 Å². The van der Waals surface area contributed by atoms with E-state index in [9.17, 15) is 0 Å². The molecule has 2 aliphatic carbocycles. The molecule has 3 atom stereocenters. The van der Waals surface area contributed by atoms with E-state index in [4.69, 9.17) is 0 Å². The maximum absolute atomic E-state index is 3.81. The summed E-state index contributed by atoms with van der Waals surface area (Å²) in [5.74, 6) is 0.912. The number of hydrogen-bond acceptors (Lipinski definition) is 1. The topological polar surface area (TPSA) is 12.0 Å². The van der Waals surface area contributed by atoms with E-state index in [2.05, 4.69) is 30.4 Å². The van der Waals surface area contributed by atoms with Crippen molar-refractivity contribution in [2.75, 3.05) is 6.54 Å². The highest BCUT2D eigenvalue weighted by Crippen LogP contribution is 2.53. The Morgan fingerprint density at radius 2 is 2.15 bits per heavy atom. The monoisotopic (exact) mass is 291 g/mol. The van der Waals surface area contributed by atoms with E-state index >= 15 is 0 Å². The number of benzene rings is 1. The minimum absolute atomic E-state index is 0. The summed E-state index contributed by atoms with van der Waals surface area (Å²) in [6.45, 7) is 3.52. The molecule has 0 radical (unpaired) electrons. The van der Waals surface area contributed by atoms with Crippen LogP contribution in [0.3, 0.4) is 0 Å². The van der Waals surface area contributed by atoms with Gasteiger partial charge in [0, 0.05) is 11.5 Å². The Hall–Kier alpha value is -0.530. The van der Waals surface area contributed by atoms with Crippen molar-refractivity contribution in [2.24, 2.45) is 5.92 Å². The van der Waals surface area contributed by atoms with Gasteiger partial charge in [0.05, 0.1) is 0 Å². The maximum atomic E-state index is 3.81. The summed E-state index contributed by atoms with van der Waals surface area (Å²) in [6, 6.07) is 8.11. The fraction of sp³-hybridized carbons (Fsp3) is 0.667. The zero-order chi connectivity index (χ0) is 12.9. The smallest absolute Gasteiger partial charge is 0.0144 e. The average Bonchev–Trinajstić information content (AvgIpc) is 2.47. The summed E-state index contributed by atoms with van der Waals surface area (Å²) in [5.41, 5.74) is 5.46. The second kappa shape index (κ2) is 5.35. The molecule has 1 aromatic rings. The van der Waals surface area contributed by atoms with Crippen molar-refractivity contribution >= 4 is 12.4 Å². The maximum Gasteiger partial charge on any atom is 0.0144 e. The summed E-state index contributed by atoms with van der Waals surface area (Å²) in [6.07, 6.45) is 9.60. The molecule has 20 heavy (non-hydrogen) atoms. The highest BCUT2D eigenvalue weighted by molar-refractivity contribution is 5.85. The van der Waals surface area contributed by atoms with Gasteiger partial charge in [-0.3, -0.25) is 0 Å². The van der Waals surface area contributed by atoms with E-state index in [-0.39, 0.29) is 12.4 Å². The third-order valence-electron chi connectivity index (χ3n) is 6.12. The van der Waals surface area contributed by atoms with E-state index in [1.807, 2.05) is 0 Å². The number of hydrogen-bond donors (Lipinski definition) is 1. The third-order valence-corrected chi connectivity index (χ3v) is 6.12. The lowest BCUT2D eigenvalue weighted by Gasteiger charge is -2.56. The SMILES string of the molecule is CCc1ccc2c(c1)C13CCCCC1C(C2)NCC3.Cl. The van der Waals surface area contributed by atoms with Crippen LogP contribution < -0.4 is 5.32 Å². The van der Waals surface area contributed by atoms with E-state index in [1.54, 1.807) is 11.1 Å². The molecule has 1 heterocycles. The zero-order valence-corrected chi connectivity index (χ0v) is 13.3. The lowest BCUT2D eigenvalue weighted by molar-refractivity contribution is 0.0797. The van der Waals surface area contributed by atoms with E-state index in [1.165, 1.54) is 57.1 Å². The molecule has 1 N–H and O–H groups in total. The number of piperidine rings is 1. The molecule has 1 nitrogen and oxygen atoms in total. The van der Waals surface area contributed by atoms with Crippen molar-refractivity contribution in [3.8, 4) is 0 Å². The second-order valence-corrected chi connectivity index (χ2v) is 6.87. The van der Waals surface area contributed by atoms with Crippen molar-refractivity contribution in [3.05, 3.63) is 34.9 Å². The van der Waals surface area contributed by atoms with Crippen LogP contribution in [-0.4, -0.2) is 12.6 Å². The lowest BCUT2D eigenvalue weighted by Crippen LogP contribution is -2.59. The van der Waals surface area contributed by atoms with Crippen LogP contribution in [0.2, 0.25) is 0 Å². The first-order valence-electron chi connectivity index (χ1n) is 8.19. The number of aryl methyl sites for hydroxylation is 1. The van der Waals surface area contributed by atoms with Crippen LogP contribution >= 0.6 is 12.4 Å². The van der Waals surface area contributed by atoms with Crippen LogP contribution in [0, 0.1) is 5.92 Å². The molecule has 2 fully saturated rings. The molecular formula is C18H26ClN. The highest BCUT2D eigenvalue weighted by atomic mass is 35.5. The molecular weight excluding hydrogens is 266 g/mol. The van der Waals surface area contributed by atoms with Crippen molar-refractivity contribution in [1.82, 2.24) is 5.32 Å². The second-order valence-electron chi connectivity index (χ2n) is 6.87. The van der Waals surface area contributed by atoms with E-state index in [0.29, 0.717) is 5.41 Å². The van der Waals surface area contributed by atoms with Crippen LogP contribution in [0.5, 0.6) is 0 Å². The Bertz CT molecular complexity index is 494. The Labute approximate surface area is 128 Å². The normalized spacial score (nSPS) is 34.6. The molecule has 2 bridgehead atoms. The quantitative estimate of drug-likeness (QED) is 0.824. The summed E-state index contributed by atoms with van der Waals surface area (Å²) in [5, 5.41) is 3.81. The number of fused-ring (bicyclic) bond motifs is 1. The van der Waals surface area contributed by atoms with Crippen LogP contribution in [0.4, 0.5) is 0 Å². The van der Waals surface area contributed by atoms with E-state index < -0.39 is 0 Å². The summed E-state index contributed by atoms with van der Waals surface area (Å²) < 4.78 is 0. The first kappa shape index (κ1) is 14.4. The molecule has 3 aliphatic rings. The predicted octanol–water partition coefficient (Wildman–Crippen LogP) is 4.02. The van der Waals surface area contributed by atoms with Gasteiger partial charge in [0.15, 0.2) is 0 Å². The van der Waals surface area contributed by atoms with Crippen molar-refractivity contribution < 1.29 is 0 Å². The molecule has 0 aromatic heterocycles. The molecule has 4 rings (SSSR count). The van der Waals surface area contributed by atoms with Gasteiger partial charge >= 0.3 is 0 Å². The minimum Gasteiger partial charge on any atom is -0.313 e. The molecule has 1 saturated heterocycles. The number of halogens is 1. The molecule has 1 aromatic carbocycles. The van der Waals surface area contributed by atoms with Crippen molar-refractivity contribution in [1.29, 1.82) is 0 Å². The molecule has 3 unspecified atom stereocenters. The first-order valence-corrected chi connectivity index (χ1v) is 8.19. The van der Waals surface area contributed by atoms with Gasteiger partial charge in [-0.2, -0.15) is 0 Å². The summed E-state index contributed by atoms with van der Waals surface area (Å²) >= 11 is 0. The van der Waals surface area contributed by atoms with Crippen LogP contribution in [0.15, 0.2) is 18.2 Å². The largest absolute Gasteiger partial charge is 0.313 e. The number of nitrogens with one attached hydrogen (secondary N) is 1. The Kier molecular flexibility index (Phi) is 3.85. The first-order chi connectivity index (χ1) is 9.33. The van der Waals surface area contributed by atoms with Crippen molar-refractivity contribution in [3.63, 3.8) is 0 Å². The van der Waals surface area contributed by atoms with Crippen molar-refractivity contribution in [2.45, 2.75) is 63.3 Å². The predicted molar refractivity (Wildman–Crippen MR) is 86.8 cm³/mol. The van der Waals surface area contributed by atoms with Gasteiger partial charge in [-0.05, 0) is 61.3 Å². The van der Waals surface area contributed by atoms with Gasteiger partial charge in [-0.1, -0.05) is 38.0 Å². The van der Waals surface area contributed by atoms with E-state index in [0.717, 1.165) is 12.0 Å². The van der Waals surface area contributed by atoms with Crippen LogP contribution in [0.25, 0.3) is 0 Å². The van der Waals surface area contributed by atoms with Gasteiger partial charge in [0.1, 0.15) is 0 Å². The molecule has 110 valence electrons. The minimum atomic E-state index is 0. The zero-order valence-electron chi connectivity index (χ0n) is 12.5. The lowest BCUT2D eigenvalue weighted by atomic mass is 9.52. The van der Waals surface area contributed by atoms with Gasteiger partial charge < -0.3 is 5.32 Å². The Morgan fingerprint density at radius 1 is 1.25 bits per heavy atom. The number of rotatable bonds is 1. The van der Waals surface area contributed by atoms with Gasteiger partial charge in [-0.25, -0.2) is 0 Å². The fourth-order valence-corrected chi connectivity index (χ4v) is 5.19. The summed E-state index contributed by atoms with van der Waals surface area (Å²) in [7, 11) is 0. The van der Waals surface area contributed by atoms with Crippen LogP contribution in [-0.2, 0) is 18.3 Å². The molecule has 1 saturated carbocycles. The highest BCUT2D eigenvalue weighted by Gasteiger charge is 2.51. The average molecular weight is 292 g/mol. The fourth-order valence-electron chi connectivity index (χ4n) is 5.19. The molecule has 2 heteroatoms.